The van der Waals surface area contributed by atoms with Crippen LogP contribution in [0.3, 0.4) is 0 Å². The second kappa shape index (κ2) is 66.6. The number of ether oxygens (including phenoxy) is 3. The molecule has 0 aromatic carbocycles. The van der Waals surface area contributed by atoms with Gasteiger partial charge in [0.2, 0.25) is 0 Å². The van der Waals surface area contributed by atoms with Crippen LogP contribution in [0.15, 0.2) is 60.8 Å². The molecule has 0 radical (unpaired) electrons. The summed E-state index contributed by atoms with van der Waals surface area (Å²) in [6, 6.07) is 0. The van der Waals surface area contributed by atoms with Gasteiger partial charge in [0.25, 0.3) is 0 Å². The van der Waals surface area contributed by atoms with Gasteiger partial charge in [0.1, 0.15) is 13.2 Å². The molecule has 0 aliphatic carbocycles. The summed E-state index contributed by atoms with van der Waals surface area (Å²) in [6.07, 6.45) is 85.3. The zero-order valence-corrected chi connectivity index (χ0v) is 52.2. The van der Waals surface area contributed by atoms with E-state index in [9.17, 15) is 14.4 Å². The van der Waals surface area contributed by atoms with E-state index in [0.717, 1.165) is 83.5 Å². The summed E-state index contributed by atoms with van der Waals surface area (Å²) in [4.78, 5) is 38.4. The molecular weight excluding hydrogens is 961 g/mol. The van der Waals surface area contributed by atoms with E-state index in [-0.39, 0.29) is 31.1 Å². The fraction of sp³-hybridized carbons (Fsp3) is 0.819. The van der Waals surface area contributed by atoms with Crippen molar-refractivity contribution in [2.24, 2.45) is 0 Å². The molecule has 1 unspecified atom stereocenters. The molecule has 0 N–H and O–H groups in total. The summed E-state index contributed by atoms with van der Waals surface area (Å²) < 4.78 is 17.0. The Bertz CT molecular complexity index is 1390. The zero-order valence-electron chi connectivity index (χ0n) is 52.2. The van der Waals surface area contributed by atoms with Gasteiger partial charge in [-0.15, -0.1) is 0 Å². The molecule has 0 aromatic heterocycles. The summed E-state index contributed by atoms with van der Waals surface area (Å²) in [5, 5.41) is 0. The van der Waals surface area contributed by atoms with E-state index in [0.29, 0.717) is 19.3 Å². The van der Waals surface area contributed by atoms with Crippen molar-refractivity contribution >= 4 is 17.9 Å². The first-order valence-electron chi connectivity index (χ1n) is 34.3. The Hall–Kier alpha value is -2.89. The molecule has 0 bridgehead atoms. The Labute approximate surface area is 485 Å². The average molecular weight is 1090 g/mol. The first-order chi connectivity index (χ1) is 38.5. The van der Waals surface area contributed by atoms with Crippen LogP contribution in [-0.2, 0) is 28.6 Å². The van der Waals surface area contributed by atoms with Gasteiger partial charge in [-0.1, -0.05) is 319 Å². The van der Waals surface area contributed by atoms with Crippen LogP contribution < -0.4 is 0 Å². The van der Waals surface area contributed by atoms with E-state index in [1.807, 2.05) is 0 Å². The molecule has 6 heteroatoms. The smallest absolute Gasteiger partial charge is 0.306 e. The van der Waals surface area contributed by atoms with E-state index >= 15 is 0 Å². The molecule has 0 spiro atoms. The number of carbonyl (C=O) groups excluding carboxylic acids is 3. The molecule has 454 valence electrons. The predicted molar refractivity (Wildman–Crippen MR) is 339 cm³/mol. The molecule has 6 nitrogen and oxygen atoms in total. The quantitative estimate of drug-likeness (QED) is 0.0261. The van der Waals surface area contributed by atoms with Gasteiger partial charge in [-0.25, -0.2) is 0 Å². The fourth-order valence-corrected chi connectivity index (χ4v) is 10.1. The molecule has 0 saturated heterocycles. The van der Waals surface area contributed by atoms with Crippen molar-refractivity contribution in [1.29, 1.82) is 0 Å². The number of rotatable bonds is 63. The van der Waals surface area contributed by atoms with E-state index in [1.54, 1.807) is 0 Å². The number of carbonyl (C=O) groups is 3. The van der Waals surface area contributed by atoms with Crippen molar-refractivity contribution in [2.75, 3.05) is 13.2 Å². The number of esters is 3. The van der Waals surface area contributed by atoms with Crippen LogP contribution in [0.2, 0.25) is 0 Å². The third kappa shape index (κ3) is 63.9. The number of hydrogen-bond acceptors (Lipinski definition) is 6. The lowest BCUT2D eigenvalue weighted by Gasteiger charge is -2.18. The number of hydrogen-bond donors (Lipinski definition) is 0. The lowest BCUT2D eigenvalue weighted by atomic mass is 10.0. The maximum absolute atomic E-state index is 12.9. The highest BCUT2D eigenvalue weighted by Crippen LogP contribution is 2.18. The van der Waals surface area contributed by atoms with E-state index in [2.05, 4.69) is 81.5 Å². The molecule has 0 fully saturated rings. The van der Waals surface area contributed by atoms with Crippen LogP contribution >= 0.6 is 0 Å². The van der Waals surface area contributed by atoms with Crippen LogP contribution in [0.1, 0.15) is 361 Å². The van der Waals surface area contributed by atoms with Crippen LogP contribution in [0.25, 0.3) is 0 Å². The maximum Gasteiger partial charge on any atom is 0.306 e. The van der Waals surface area contributed by atoms with Crippen molar-refractivity contribution in [3.63, 3.8) is 0 Å². The topological polar surface area (TPSA) is 78.9 Å². The van der Waals surface area contributed by atoms with E-state index < -0.39 is 6.10 Å². The summed E-state index contributed by atoms with van der Waals surface area (Å²) in [7, 11) is 0. The highest BCUT2D eigenvalue weighted by Gasteiger charge is 2.19. The minimum atomic E-state index is -0.773. The lowest BCUT2D eigenvalue weighted by molar-refractivity contribution is -0.167. The molecule has 1 atom stereocenters. The minimum absolute atomic E-state index is 0.0700. The molecular formula is C72H130O6. The Morgan fingerprint density at radius 2 is 0.500 bits per heavy atom. The van der Waals surface area contributed by atoms with Gasteiger partial charge in [0.05, 0.1) is 0 Å². The molecule has 0 saturated carbocycles. The maximum atomic E-state index is 12.9. The van der Waals surface area contributed by atoms with Crippen molar-refractivity contribution in [1.82, 2.24) is 0 Å². The van der Waals surface area contributed by atoms with Crippen molar-refractivity contribution in [3.05, 3.63) is 60.8 Å². The second-order valence-corrected chi connectivity index (χ2v) is 23.1. The fourth-order valence-electron chi connectivity index (χ4n) is 10.1. The molecule has 0 aliphatic rings. The van der Waals surface area contributed by atoms with Crippen molar-refractivity contribution in [2.45, 2.75) is 367 Å². The van der Waals surface area contributed by atoms with Crippen molar-refractivity contribution in [3.8, 4) is 0 Å². The van der Waals surface area contributed by atoms with Crippen LogP contribution in [0.4, 0.5) is 0 Å². The molecule has 0 heterocycles. The lowest BCUT2D eigenvalue weighted by Crippen LogP contribution is -2.30. The number of unbranched alkanes of at least 4 members (excludes halogenated alkanes) is 42. The van der Waals surface area contributed by atoms with Gasteiger partial charge in [-0.3, -0.25) is 14.4 Å². The third-order valence-electron chi connectivity index (χ3n) is 15.3. The molecule has 0 amide bonds. The van der Waals surface area contributed by atoms with Gasteiger partial charge in [0, 0.05) is 19.3 Å². The van der Waals surface area contributed by atoms with Crippen molar-refractivity contribution < 1.29 is 28.6 Å². The van der Waals surface area contributed by atoms with E-state index in [4.69, 9.17) is 14.2 Å². The van der Waals surface area contributed by atoms with Crippen LogP contribution in [-0.4, -0.2) is 37.2 Å². The Kier molecular flexibility index (Phi) is 64.2. The van der Waals surface area contributed by atoms with E-state index in [1.165, 1.54) is 238 Å². The summed E-state index contributed by atoms with van der Waals surface area (Å²) >= 11 is 0. The summed E-state index contributed by atoms with van der Waals surface area (Å²) in [5.41, 5.74) is 0. The average Bonchev–Trinajstić information content (AvgIpc) is 3.44. The summed E-state index contributed by atoms with van der Waals surface area (Å²) in [5.74, 6) is -0.850. The largest absolute Gasteiger partial charge is 0.462 e. The monoisotopic (exact) mass is 1090 g/mol. The standard InChI is InChI=1S/C72H130O6/c1-4-7-10-13-16-19-22-25-27-29-31-33-34-35-36-37-38-40-41-43-45-47-50-53-56-59-62-65-71(74)77-68-69(67-76-70(73)64-61-58-55-52-49-24-21-18-15-12-9-6-3)78-72(75)66-63-60-57-54-51-48-46-44-42-39-32-30-28-26-23-20-17-14-11-8-5-2/h7,10,16,19,25,27,30-33,69H,4-6,8-9,11-15,17-18,20-24,26,28-29,34-68H2,1-3H3/b10-7-,19-16-,27-25-,32-30-,33-31-. The SMILES string of the molecule is CC/C=C\C/C=C\C/C=C\C/C=C\CCCCCCCCCCCCCCCCC(=O)OCC(COC(=O)CCCCCCCCCCCCCC)OC(=O)CCCCCCCCCCC/C=C\CCCCCCCCCC. The predicted octanol–water partition coefficient (Wildman–Crippen LogP) is 23.5. The summed E-state index contributed by atoms with van der Waals surface area (Å²) in [6.45, 7) is 6.58. The number of allylic oxidation sites excluding steroid dienone is 10. The Morgan fingerprint density at radius 3 is 0.795 bits per heavy atom. The van der Waals surface area contributed by atoms with Gasteiger partial charge in [0.15, 0.2) is 6.10 Å². The molecule has 0 rings (SSSR count). The van der Waals surface area contributed by atoms with Crippen LogP contribution in [0.5, 0.6) is 0 Å². The van der Waals surface area contributed by atoms with Gasteiger partial charge in [-0.05, 0) is 83.5 Å². The first-order valence-corrected chi connectivity index (χ1v) is 34.3. The van der Waals surface area contributed by atoms with Gasteiger partial charge >= 0.3 is 17.9 Å². The third-order valence-corrected chi connectivity index (χ3v) is 15.3. The van der Waals surface area contributed by atoms with Gasteiger partial charge < -0.3 is 14.2 Å². The normalized spacial score (nSPS) is 12.4. The first kappa shape index (κ1) is 75.1. The Balaban J connectivity index is 4.23. The molecule has 0 aromatic rings. The molecule has 0 aliphatic heterocycles. The minimum Gasteiger partial charge on any atom is -0.462 e. The van der Waals surface area contributed by atoms with Crippen LogP contribution in [0, 0.1) is 0 Å². The zero-order chi connectivity index (χ0) is 56.4. The highest BCUT2D eigenvalue weighted by atomic mass is 16.6. The second-order valence-electron chi connectivity index (χ2n) is 23.1. The highest BCUT2D eigenvalue weighted by molar-refractivity contribution is 5.71. The Morgan fingerprint density at radius 1 is 0.269 bits per heavy atom. The molecule has 78 heavy (non-hydrogen) atoms. The van der Waals surface area contributed by atoms with Gasteiger partial charge in [-0.2, -0.15) is 0 Å².